The summed E-state index contributed by atoms with van der Waals surface area (Å²) in [6.45, 7) is 1.20. The van der Waals surface area contributed by atoms with Crippen LogP contribution in [0.3, 0.4) is 0 Å². The van der Waals surface area contributed by atoms with Crippen molar-refractivity contribution in [2.24, 2.45) is 5.73 Å². The maximum atomic E-state index is 6.16. The molecule has 0 spiro atoms. The third-order valence-corrected chi connectivity index (χ3v) is 5.11. The molecule has 3 aromatic carbocycles. The second kappa shape index (κ2) is 11.9. The number of nitrogens with two attached hydrogens (primary N) is 1. The number of pyridine rings is 1. The SMILES string of the molecule is COc1ccc(-c2ccc(OCc3ccccc3)nc2OCc2ccccc2)c(CN)c1.Cl. The number of ether oxygens (including phenoxy) is 3. The lowest BCUT2D eigenvalue weighted by Gasteiger charge is -2.16. The van der Waals surface area contributed by atoms with Gasteiger partial charge in [0.1, 0.15) is 19.0 Å². The Morgan fingerprint density at radius 2 is 1.33 bits per heavy atom. The van der Waals surface area contributed by atoms with Crippen molar-refractivity contribution in [2.75, 3.05) is 7.11 Å². The molecule has 0 aliphatic carbocycles. The third kappa shape index (κ3) is 6.25. The number of hydrogen-bond donors (Lipinski definition) is 1. The molecule has 1 aromatic heterocycles. The summed E-state index contributed by atoms with van der Waals surface area (Å²) in [5.41, 5.74) is 10.9. The normalized spacial score (nSPS) is 10.2. The zero-order chi connectivity index (χ0) is 22.2. The molecule has 0 bridgehead atoms. The van der Waals surface area contributed by atoms with Crippen molar-refractivity contribution >= 4 is 12.4 Å². The predicted molar refractivity (Wildman–Crippen MR) is 133 cm³/mol. The van der Waals surface area contributed by atoms with Crippen molar-refractivity contribution in [2.45, 2.75) is 19.8 Å². The molecule has 0 aliphatic rings. The minimum absolute atomic E-state index is 0. The maximum Gasteiger partial charge on any atom is 0.225 e. The Hall–Kier alpha value is -3.54. The molecule has 0 fully saturated rings. The van der Waals surface area contributed by atoms with Crippen LogP contribution in [0.2, 0.25) is 0 Å². The van der Waals surface area contributed by atoms with Gasteiger partial charge in [-0.15, -0.1) is 12.4 Å². The van der Waals surface area contributed by atoms with Crippen molar-refractivity contribution in [1.29, 1.82) is 0 Å². The minimum Gasteiger partial charge on any atom is -0.497 e. The second-order valence-electron chi connectivity index (χ2n) is 7.28. The number of aromatic nitrogens is 1. The van der Waals surface area contributed by atoms with Gasteiger partial charge in [-0.1, -0.05) is 66.7 Å². The Morgan fingerprint density at radius 3 is 1.94 bits per heavy atom. The Bertz CT molecular complexity index is 1150. The van der Waals surface area contributed by atoms with E-state index in [1.807, 2.05) is 91.0 Å². The highest BCUT2D eigenvalue weighted by molar-refractivity contribution is 5.85. The zero-order valence-electron chi connectivity index (χ0n) is 18.4. The van der Waals surface area contributed by atoms with E-state index in [0.29, 0.717) is 31.5 Å². The second-order valence-corrected chi connectivity index (χ2v) is 7.28. The lowest BCUT2D eigenvalue weighted by atomic mass is 10.00. The van der Waals surface area contributed by atoms with E-state index in [9.17, 15) is 0 Å². The van der Waals surface area contributed by atoms with Gasteiger partial charge in [0.25, 0.3) is 0 Å². The Morgan fingerprint density at radius 1 is 0.727 bits per heavy atom. The molecule has 0 radical (unpaired) electrons. The lowest BCUT2D eigenvalue weighted by Crippen LogP contribution is -2.04. The van der Waals surface area contributed by atoms with E-state index < -0.39 is 0 Å². The van der Waals surface area contributed by atoms with Gasteiger partial charge in [-0.25, -0.2) is 0 Å². The third-order valence-electron chi connectivity index (χ3n) is 5.11. The van der Waals surface area contributed by atoms with E-state index in [-0.39, 0.29) is 12.4 Å². The molecule has 0 saturated carbocycles. The fourth-order valence-corrected chi connectivity index (χ4v) is 3.41. The first-order valence-electron chi connectivity index (χ1n) is 10.5. The number of hydrogen-bond acceptors (Lipinski definition) is 5. The molecule has 0 atom stereocenters. The van der Waals surface area contributed by atoms with Crippen LogP contribution in [0.4, 0.5) is 0 Å². The largest absolute Gasteiger partial charge is 0.497 e. The van der Waals surface area contributed by atoms with Gasteiger partial charge in [0.2, 0.25) is 11.8 Å². The molecule has 0 unspecified atom stereocenters. The number of nitrogens with zero attached hydrogens (tertiary/aromatic N) is 1. The molecule has 2 N–H and O–H groups in total. The minimum atomic E-state index is 0. The smallest absolute Gasteiger partial charge is 0.225 e. The van der Waals surface area contributed by atoms with Gasteiger partial charge in [0.05, 0.1) is 7.11 Å². The maximum absolute atomic E-state index is 6.16. The lowest BCUT2D eigenvalue weighted by molar-refractivity contribution is 0.268. The van der Waals surface area contributed by atoms with E-state index in [1.54, 1.807) is 7.11 Å². The molecule has 1 heterocycles. The van der Waals surface area contributed by atoms with Crippen molar-refractivity contribution < 1.29 is 14.2 Å². The highest BCUT2D eigenvalue weighted by atomic mass is 35.5. The summed E-state index contributed by atoms with van der Waals surface area (Å²) in [7, 11) is 1.64. The van der Waals surface area contributed by atoms with Gasteiger partial charge < -0.3 is 19.9 Å². The number of methoxy groups -OCH3 is 1. The average molecular weight is 463 g/mol. The molecule has 0 saturated heterocycles. The van der Waals surface area contributed by atoms with Crippen LogP contribution in [0.1, 0.15) is 16.7 Å². The summed E-state index contributed by atoms with van der Waals surface area (Å²) < 4.78 is 17.4. The van der Waals surface area contributed by atoms with Gasteiger partial charge in [0, 0.05) is 18.2 Å². The van der Waals surface area contributed by atoms with Gasteiger partial charge in [-0.05, 0) is 40.5 Å². The van der Waals surface area contributed by atoms with Gasteiger partial charge in [-0.3, -0.25) is 0 Å². The fraction of sp³-hybridized carbons (Fsp3) is 0.148. The molecule has 5 nitrogen and oxygen atoms in total. The molecule has 4 aromatic rings. The van der Waals surface area contributed by atoms with Gasteiger partial charge >= 0.3 is 0 Å². The zero-order valence-corrected chi connectivity index (χ0v) is 19.3. The first-order valence-corrected chi connectivity index (χ1v) is 10.5. The van der Waals surface area contributed by atoms with E-state index >= 15 is 0 Å². The molecular formula is C27H27ClN2O3. The van der Waals surface area contributed by atoms with E-state index in [1.165, 1.54) is 0 Å². The first-order chi connectivity index (χ1) is 15.8. The van der Waals surface area contributed by atoms with Gasteiger partial charge in [-0.2, -0.15) is 4.98 Å². The molecule has 33 heavy (non-hydrogen) atoms. The standard InChI is InChI=1S/C27H26N2O3.ClH/c1-30-23-12-13-24(22(16-23)17-28)25-14-15-26(31-18-20-8-4-2-5-9-20)29-27(25)32-19-21-10-6-3-7-11-21;/h2-16H,17-19,28H2,1H3;1H. The monoisotopic (exact) mass is 462 g/mol. The van der Waals surface area contributed by atoms with Crippen LogP contribution in [0.5, 0.6) is 17.5 Å². The van der Waals surface area contributed by atoms with Crippen LogP contribution < -0.4 is 19.9 Å². The molecule has 0 amide bonds. The Balaban J connectivity index is 0.00000306. The summed E-state index contributed by atoms with van der Waals surface area (Å²) in [5, 5.41) is 0. The van der Waals surface area contributed by atoms with Crippen LogP contribution in [0.25, 0.3) is 11.1 Å². The quantitative estimate of drug-likeness (QED) is 0.340. The molecule has 170 valence electrons. The summed E-state index contributed by atoms with van der Waals surface area (Å²) in [4.78, 5) is 4.68. The average Bonchev–Trinajstić information content (AvgIpc) is 2.87. The predicted octanol–water partition coefficient (Wildman–Crippen LogP) is 5.80. The summed E-state index contributed by atoms with van der Waals surface area (Å²) >= 11 is 0. The van der Waals surface area contributed by atoms with Crippen molar-refractivity contribution in [3.05, 3.63) is 108 Å². The summed E-state index contributed by atoms with van der Waals surface area (Å²) in [6, 6.07) is 29.7. The van der Waals surface area contributed by atoms with Crippen LogP contribution in [0, 0.1) is 0 Å². The molecule has 4 rings (SSSR count). The highest BCUT2D eigenvalue weighted by Gasteiger charge is 2.15. The van der Waals surface area contributed by atoms with E-state index in [4.69, 9.17) is 19.9 Å². The van der Waals surface area contributed by atoms with Crippen LogP contribution >= 0.6 is 12.4 Å². The van der Waals surface area contributed by atoms with Crippen molar-refractivity contribution in [1.82, 2.24) is 4.98 Å². The van der Waals surface area contributed by atoms with Crippen molar-refractivity contribution in [3.63, 3.8) is 0 Å². The van der Waals surface area contributed by atoms with Crippen LogP contribution in [0.15, 0.2) is 91.0 Å². The first kappa shape index (κ1) is 24.1. The fourth-order valence-electron chi connectivity index (χ4n) is 3.41. The number of rotatable bonds is 9. The Kier molecular flexibility index (Phi) is 8.70. The number of benzene rings is 3. The molecule has 6 heteroatoms. The summed E-state index contributed by atoms with van der Waals surface area (Å²) in [6.07, 6.45) is 0. The Labute approximate surface area is 200 Å². The van der Waals surface area contributed by atoms with Crippen molar-refractivity contribution in [3.8, 4) is 28.6 Å². The highest BCUT2D eigenvalue weighted by Crippen LogP contribution is 2.35. The van der Waals surface area contributed by atoms with Crippen LogP contribution in [-0.2, 0) is 19.8 Å². The molecule has 0 aliphatic heterocycles. The summed E-state index contributed by atoms with van der Waals surface area (Å²) in [5.74, 6) is 1.76. The topological polar surface area (TPSA) is 66.6 Å². The van der Waals surface area contributed by atoms with E-state index in [0.717, 1.165) is 33.6 Å². The molecular weight excluding hydrogens is 436 g/mol. The van der Waals surface area contributed by atoms with Gasteiger partial charge in [0.15, 0.2) is 0 Å². The van der Waals surface area contributed by atoms with E-state index in [2.05, 4.69) is 4.98 Å². The number of halogens is 1. The van der Waals surface area contributed by atoms with Crippen LogP contribution in [-0.4, -0.2) is 12.1 Å².